The average Bonchev–Trinajstić information content (AvgIpc) is 2.59. The van der Waals surface area contributed by atoms with Crippen molar-refractivity contribution >= 4 is 23.0 Å². The zero-order chi connectivity index (χ0) is 16.1. The van der Waals surface area contributed by atoms with E-state index in [4.69, 9.17) is 0 Å². The average molecular weight is 308 g/mol. The van der Waals surface area contributed by atoms with E-state index in [0.717, 1.165) is 18.1 Å². The van der Waals surface area contributed by atoms with Crippen LogP contribution in [0.4, 0.5) is 27.4 Å². The molecule has 0 fully saturated rings. The Morgan fingerprint density at radius 1 is 1.00 bits per heavy atom. The van der Waals surface area contributed by atoms with Crippen LogP contribution in [0.3, 0.4) is 0 Å². The minimum Gasteiger partial charge on any atom is -0.338 e. The van der Waals surface area contributed by atoms with Gasteiger partial charge in [-0.25, -0.2) is 14.4 Å². The predicted molar refractivity (Wildman–Crippen MR) is 90.8 cm³/mol. The zero-order valence-electron chi connectivity index (χ0n) is 12.8. The lowest BCUT2D eigenvalue weighted by molar-refractivity contribution is 0.632. The molecule has 0 unspecified atom stereocenters. The molecule has 0 aliphatic carbocycles. The molecule has 1 N–H and O–H groups in total. The molecule has 3 rings (SSSR count). The molecular weight excluding hydrogens is 291 g/mol. The number of halogens is 1. The third-order valence-electron chi connectivity index (χ3n) is 3.45. The van der Waals surface area contributed by atoms with Crippen molar-refractivity contribution in [2.45, 2.75) is 6.92 Å². The third kappa shape index (κ3) is 3.45. The largest absolute Gasteiger partial charge is 0.338 e. The lowest BCUT2D eigenvalue weighted by Gasteiger charge is -2.22. The molecule has 116 valence electrons. The first-order chi connectivity index (χ1) is 11.3. The Kier molecular flexibility index (Phi) is 4.47. The van der Waals surface area contributed by atoms with Gasteiger partial charge in [0.2, 0.25) is 0 Å². The minimum absolute atomic E-state index is 0.317. The number of nitrogens with zero attached hydrogens (tertiary/aromatic N) is 3. The second kappa shape index (κ2) is 6.87. The van der Waals surface area contributed by atoms with E-state index in [2.05, 4.69) is 27.1 Å². The summed E-state index contributed by atoms with van der Waals surface area (Å²) in [7, 11) is 0. The molecule has 0 atom stereocenters. The Labute approximate surface area is 134 Å². The quantitative estimate of drug-likeness (QED) is 0.752. The highest BCUT2D eigenvalue weighted by Gasteiger charge is 2.10. The van der Waals surface area contributed by atoms with E-state index in [1.165, 1.54) is 12.4 Å². The monoisotopic (exact) mass is 308 g/mol. The van der Waals surface area contributed by atoms with Gasteiger partial charge < -0.3 is 10.2 Å². The molecular formula is C18H17FN4. The van der Waals surface area contributed by atoms with Gasteiger partial charge in [0, 0.05) is 18.3 Å². The van der Waals surface area contributed by atoms with Crippen molar-refractivity contribution in [3.8, 4) is 0 Å². The van der Waals surface area contributed by atoms with Gasteiger partial charge in [-0.05, 0) is 31.2 Å². The Balaban J connectivity index is 1.89. The molecule has 0 aliphatic rings. The summed E-state index contributed by atoms with van der Waals surface area (Å²) in [6.45, 7) is 2.82. The van der Waals surface area contributed by atoms with E-state index in [0.29, 0.717) is 11.5 Å². The fraction of sp³-hybridized carbons (Fsp3) is 0.111. The number of rotatable bonds is 5. The molecule has 0 bridgehead atoms. The van der Waals surface area contributed by atoms with Gasteiger partial charge in [-0.15, -0.1) is 0 Å². The van der Waals surface area contributed by atoms with E-state index < -0.39 is 0 Å². The maximum atomic E-state index is 13.7. The summed E-state index contributed by atoms with van der Waals surface area (Å²) in [6.07, 6.45) is 1.48. The number of nitrogens with one attached hydrogen (secondary N) is 1. The second-order valence-electron chi connectivity index (χ2n) is 4.95. The van der Waals surface area contributed by atoms with Crippen molar-refractivity contribution in [1.82, 2.24) is 9.97 Å². The molecule has 0 aliphatic heterocycles. The van der Waals surface area contributed by atoms with Gasteiger partial charge in [0.1, 0.15) is 23.8 Å². The highest BCUT2D eigenvalue weighted by molar-refractivity contribution is 5.65. The Bertz CT molecular complexity index is 777. The molecule has 0 saturated carbocycles. The molecule has 2 aromatic carbocycles. The summed E-state index contributed by atoms with van der Waals surface area (Å²) in [5.74, 6) is 0.991. The summed E-state index contributed by atoms with van der Waals surface area (Å²) >= 11 is 0. The molecule has 23 heavy (non-hydrogen) atoms. The summed E-state index contributed by atoms with van der Waals surface area (Å²) in [5, 5.41) is 2.99. The second-order valence-corrected chi connectivity index (χ2v) is 4.95. The van der Waals surface area contributed by atoms with Crippen LogP contribution in [0.15, 0.2) is 67.0 Å². The van der Waals surface area contributed by atoms with Gasteiger partial charge in [0.15, 0.2) is 0 Å². The number of hydrogen-bond acceptors (Lipinski definition) is 4. The fourth-order valence-electron chi connectivity index (χ4n) is 2.35. The SMILES string of the molecule is CCN(c1ccccc1)c1cc(Nc2ccccc2F)ncn1. The number of hydrogen-bond donors (Lipinski definition) is 1. The van der Waals surface area contributed by atoms with Gasteiger partial charge in [-0.1, -0.05) is 30.3 Å². The van der Waals surface area contributed by atoms with E-state index >= 15 is 0 Å². The first-order valence-electron chi connectivity index (χ1n) is 7.44. The standard InChI is InChI=1S/C18H17FN4/c1-2-23(14-8-4-3-5-9-14)18-12-17(20-13-21-18)22-16-11-7-6-10-15(16)19/h3-13H,2H2,1H3,(H,20,21,22). The lowest BCUT2D eigenvalue weighted by Crippen LogP contribution is -2.17. The Morgan fingerprint density at radius 3 is 2.48 bits per heavy atom. The summed E-state index contributed by atoms with van der Waals surface area (Å²) in [5.41, 5.74) is 1.44. The number of para-hydroxylation sites is 2. The van der Waals surface area contributed by atoms with E-state index in [-0.39, 0.29) is 5.82 Å². The van der Waals surface area contributed by atoms with Crippen LogP contribution < -0.4 is 10.2 Å². The van der Waals surface area contributed by atoms with Gasteiger partial charge in [-0.3, -0.25) is 0 Å². The van der Waals surface area contributed by atoms with Gasteiger partial charge in [0.05, 0.1) is 5.69 Å². The maximum absolute atomic E-state index is 13.7. The Morgan fingerprint density at radius 2 is 1.74 bits per heavy atom. The van der Waals surface area contributed by atoms with Crippen LogP contribution in [0.5, 0.6) is 0 Å². The summed E-state index contributed by atoms with van der Waals surface area (Å²) in [6, 6.07) is 18.3. The highest BCUT2D eigenvalue weighted by Crippen LogP contribution is 2.25. The molecule has 0 saturated heterocycles. The molecule has 0 amide bonds. The normalized spacial score (nSPS) is 10.3. The van der Waals surface area contributed by atoms with Crippen LogP contribution >= 0.6 is 0 Å². The van der Waals surface area contributed by atoms with Crippen LogP contribution in [-0.4, -0.2) is 16.5 Å². The van der Waals surface area contributed by atoms with Crippen LogP contribution in [0.2, 0.25) is 0 Å². The molecule has 0 spiro atoms. The fourth-order valence-corrected chi connectivity index (χ4v) is 2.35. The Hall–Kier alpha value is -2.95. The van der Waals surface area contributed by atoms with Crippen LogP contribution in [0.25, 0.3) is 0 Å². The van der Waals surface area contributed by atoms with Gasteiger partial charge >= 0.3 is 0 Å². The molecule has 0 radical (unpaired) electrons. The highest BCUT2D eigenvalue weighted by atomic mass is 19.1. The number of aromatic nitrogens is 2. The van der Waals surface area contributed by atoms with Crippen molar-refractivity contribution in [3.05, 3.63) is 72.8 Å². The van der Waals surface area contributed by atoms with Gasteiger partial charge in [-0.2, -0.15) is 0 Å². The van der Waals surface area contributed by atoms with Crippen molar-refractivity contribution in [3.63, 3.8) is 0 Å². The van der Waals surface area contributed by atoms with Crippen molar-refractivity contribution in [2.24, 2.45) is 0 Å². The van der Waals surface area contributed by atoms with E-state index in [9.17, 15) is 4.39 Å². The molecule has 4 nitrogen and oxygen atoms in total. The first kappa shape index (κ1) is 15.0. The van der Waals surface area contributed by atoms with Crippen LogP contribution in [0, 0.1) is 5.82 Å². The topological polar surface area (TPSA) is 41.0 Å². The van der Waals surface area contributed by atoms with E-state index in [1.807, 2.05) is 36.4 Å². The molecule has 5 heteroatoms. The number of benzene rings is 2. The van der Waals surface area contributed by atoms with Crippen LogP contribution in [0.1, 0.15) is 6.92 Å². The molecule has 3 aromatic rings. The minimum atomic E-state index is -0.317. The van der Waals surface area contributed by atoms with Crippen molar-refractivity contribution < 1.29 is 4.39 Å². The van der Waals surface area contributed by atoms with Crippen LogP contribution in [-0.2, 0) is 0 Å². The van der Waals surface area contributed by atoms with E-state index in [1.54, 1.807) is 18.2 Å². The lowest BCUT2D eigenvalue weighted by atomic mass is 10.3. The maximum Gasteiger partial charge on any atom is 0.146 e. The third-order valence-corrected chi connectivity index (χ3v) is 3.45. The summed E-state index contributed by atoms with van der Waals surface area (Å²) < 4.78 is 13.7. The zero-order valence-corrected chi connectivity index (χ0v) is 12.8. The summed E-state index contributed by atoms with van der Waals surface area (Å²) in [4.78, 5) is 10.6. The molecule has 1 heterocycles. The first-order valence-corrected chi connectivity index (χ1v) is 7.44. The smallest absolute Gasteiger partial charge is 0.146 e. The molecule has 1 aromatic heterocycles. The van der Waals surface area contributed by atoms with Gasteiger partial charge in [0.25, 0.3) is 0 Å². The van der Waals surface area contributed by atoms with Crippen molar-refractivity contribution in [1.29, 1.82) is 0 Å². The predicted octanol–water partition coefficient (Wildman–Crippen LogP) is 4.52. The number of anilines is 4. The van der Waals surface area contributed by atoms with Crippen molar-refractivity contribution in [2.75, 3.05) is 16.8 Å².